The van der Waals surface area contributed by atoms with Crippen LogP contribution < -0.4 is 15.5 Å². The molecule has 0 unspecified atom stereocenters. The van der Waals surface area contributed by atoms with E-state index < -0.39 is 5.97 Å². The van der Waals surface area contributed by atoms with Gasteiger partial charge >= 0.3 is 5.97 Å². The topological polar surface area (TPSA) is 88.0 Å². The van der Waals surface area contributed by atoms with E-state index in [0.29, 0.717) is 11.4 Å². The summed E-state index contributed by atoms with van der Waals surface area (Å²) < 4.78 is 5.51. The minimum absolute atomic E-state index is 0.0848. The van der Waals surface area contributed by atoms with Gasteiger partial charge in [-0.2, -0.15) is 0 Å². The van der Waals surface area contributed by atoms with E-state index in [1.165, 1.54) is 0 Å². The average molecular weight is 314 g/mol. The van der Waals surface area contributed by atoms with Crippen LogP contribution in [-0.2, 0) is 9.63 Å². The molecule has 23 heavy (non-hydrogen) atoms. The van der Waals surface area contributed by atoms with Crippen molar-refractivity contribution in [3.63, 3.8) is 0 Å². The molecule has 3 N–H and O–H groups in total. The summed E-state index contributed by atoms with van der Waals surface area (Å²) in [5.41, 5.74) is 9.44. The second-order valence-electron chi connectivity index (χ2n) is 5.21. The lowest BCUT2D eigenvalue weighted by Gasteiger charge is -2.11. The molecular formula is C17H20N3O3+. The number of amidine groups is 1. The highest BCUT2D eigenvalue weighted by Crippen LogP contribution is 2.23. The predicted molar refractivity (Wildman–Crippen MR) is 86.0 cm³/mol. The summed E-state index contributed by atoms with van der Waals surface area (Å²) >= 11 is 0. The molecule has 0 aliphatic rings. The molecule has 0 saturated carbocycles. The summed E-state index contributed by atoms with van der Waals surface area (Å²) in [7, 11) is 0. The molecule has 0 atom stereocenters. The SMILES string of the molecule is Cc1cc(C)c(C)c(OCC(=O)ON=C(N)c2cccc[nH+]2)c1. The van der Waals surface area contributed by atoms with Crippen LogP contribution in [0.15, 0.2) is 41.7 Å². The van der Waals surface area contributed by atoms with Gasteiger partial charge in [0.1, 0.15) is 5.75 Å². The highest BCUT2D eigenvalue weighted by atomic mass is 16.7. The second kappa shape index (κ2) is 7.40. The Balaban J connectivity index is 1.93. The molecule has 2 rings (SSSR count). The first-order valence-corrected chi connectivity index (χ1v) is 7.18. The van der Waals surface area contributed by atoms with Gasteiger partial charge in [0.25, 0.3) is 0 Å². The summed E-state index contributed by atoms with van der Waals surface area (Å²) in [6.07, 6.45) is 1.70. The maximum absolute atomic E-state index is 11.7. The van der Waals surface area contributed by atoms with Gasteiger partial charge in [-0.1, -0.05) is 11.2 Å². The number of hydrogen-bond donors (Lipinski definition) is 1. The van der Waals surface area contributed by atoms with E-state index in [2.05, 4.69) is 16.2 Å². The van der Waals surface area contributed by atoms with Gasteiger partial charge in [-0.25, -0.2) is 9.78 Å². The first-order valence-electron chi connectivity index (χ1n) is 7.18. The van der Waals surface area contributed by atoms with Gasteiger partial charge in [-0.3, -0.25) is 0 Å². The van der Waals surface area contributed by atoms with Crippen LogP contribution in [0.5, 0.6) is 5.75 Å². The first-order chi connectivity index (χ1) is 11.0. The van der Waals surface area contributed by atoms with Gasteiger partial charge in [0.05, 0.1) is 0 Å². The van der Waals surface area contributed by atoms with Crippen molar-refractivity contribution >= 4 is 11.8 Å². The van der Waals surface area contributed by atoms with E-state index in [4.69, 9.17) is 15.3 Å². The third kappa shape index (κ3) is 4.54. The van der Waals surface area contributed by atoms with Crippen LogP contribution in [0.2, 0.25) is 0 Å². The Labute approximate surface area is 134 Å². The van der Waals surface area contributed by atoms with Crippen LogP contribution in [0.3, 0.4) is 0 Å². The molecule has 0 fully saturated rings. The third-order valence-electron chi connectivity index (χ3n) is 3.34. The van der Waals surface area contributed by atoms with Crippen molar-refractivity contribution in [2.45, 2.75) is 20.8 Å². The number of nitrogens with two attached hydrogens (primary N) is 1. The van der Waals surface area contributed by atoms with Crippen molar-refractivity contribution in [3.05, 3.63) is 58.9 Å². The molecule has 0 bridgehead atoms. The normalized spacial score (nSPS) is 11.2. The summed E-state index contributed by atoms with van der Waals surface area (Å²) in [6, 6.07) is 9.26. The predicted octanol–water partition coefficient (Wildman–Crippen LogP) is 1.67. The van der Waals surface area contributed by atoms with E-state index in [1.807, 2.05) is 32.9 Å². The number of nitrogens with one attached hydrogen (secondary N) is 1. The lowest BCUT2D eigenvalue weighted by atomic mass is 10.1. The number of hydrogen-bond acceptors (Lipinski definition) is 4. The van der Waals surface area contributed by atoms with E-state index in [-0.39, 0.29) is 12.4 Å². The van der Waals surface area contributed by atoms with Crippen molar-refractivity contribution in [3.8, 4) is 5.75 Å². The fourth-order valence-electron chi connectivity index (χ4n) is 2.02. The molecule has 0 saturated heterocycles. The number of pyridine rings is 1. The lowest BCUT2D eigenvalue weighted by Crippen LogP contribution is -2.25. The second-order valence-corrected chi connectivity index (χ2v) is 5.21. The van der Waals surface area contributed by atoms with Crippen molar-refractivity contribution < 1.29 is 19.4 Å². The number of carbonyl (C=O) groups is 1. The number of ether oxygens (including phenoxy) is 1. The Kier molecular flexibility index (Phi) is 5.30. The van der Waals surface area contributed by atoms with E-state index in [9.17, 15) is 4.79 Å². The summed E-state index contributed by atoms with van der Waals surface area (Å²) in [5, 5.41) is 3.60. The number of H-pyrrole nitrogens is 1. The maximum atomic E-state index is 11.7. The van der Waals surface area contributed by atoms with Crippen molar-refractivity contribution in [1.29, 1.82) is 0 Å². The van der Waals surface area contributed by atoms with Gasteiger partial charge in [0.2, 0.25) is 11.5 Å². The molecule has 0 aliphatic carbocycles. The van der Waals surface area contributed by atoms with Crippen LogP contribution >= 0.6 is 0 Å². The number of aryl methyl sites for hydroxylation is 2. The minimum atomic E-state index is -0.623. The molecule has 0 radical (unpaired) electrons. The van der Waals surface area contributed by atoms with Crippen molar-refractivity contribution in [2.75, 3.05) is 6.61 Å². The number of oxime groups is 1. The first kappa shape index (κ1) is 16.5. The van der Waals surface area contributed by atoms with Crippen LogP contribution in [-0.4, -0.2) is 18.4 Å². The monoisotopic (exact) mass is 314 g/mol. The molecule has 6 heteroatoms. The van der Waals surface area contributed by atoms with Gasteiger partial charge in [0, 0.05) is 12.1 Å². The van der Waals surface area contributed by atoms with Gasteiger partial charge in [0.15, 0.2) is 12.8 Å². The zero-order chi connectivity index (χ0) is 16.8. The van der Waals surface area contributed by atoms with E-state index in [0.717, 1.165) is 16.7 Å². The van der Waals surface area contributed by atoms with Crippen molar-refractivity contribution in [2.24, 2.45) is 10.9 Å². The zero-order valence-corrected chi connectivity index (χ0v) is 13.4. The van der Waals surface area contributed by atoms with Gasteiger partial charge in [-0.05, 0) is 49.6 Å². The smallest absolute Gasteiger partial charge is 0.372 e. The molecule has 0 aliphatic heterocycles. The molecule has 120 valence electrons. The fraction of sp³-hybridized carbons (Fsp3) is 0.235. The summed E-state index contributed by atoms with van der Waals surface area (Å²) in [6.45, 7) is 5.67. The number of nitrogens with zero attached hydrogens (tertiary/aromatic N) is 1. The standard InChI is InChI=1S/C17H19N3O3/c1-11-8-12(2)13(3)15(9-11)22-10-16(21)23-20-17(18)14-6-4-5-7-19-14/h4-9H,10H2,1-3H3,(H2,18,20)/p+1. The quantitative estimate of drug-likeness (QED) is 0.393. The molecule has 6 nitrogen and oxygen atoms in total. The molecular weight excluding hydrogens is 294 g/mol. The van der Waals surface area contributed by atoms with E-state index in [1.54, 1.807) is 18.3 Å². The number of aromatic amines is 1. The number of aromatic nitrogens is 1. The van der Waals surface area contributed by atoms with Gasteiger partial charge in [-0.15, -0.1) is 0 Å². The van der Waals surface area contributed by atoms with Crippen molar-refractivity contribution in [1.82, 2.24) is 0 Å². The third-order valence-corrected chi connectivity index (χ3v) is 3.34. The van der Waals surface area contributed by atoms with Crippen LogP contribution in [0.4, 0.5) is 0 Å². The Bertz CT molecular complexity index is 727. The highest BCUT2D eigenvalue weighted by Gasteiger charge is 2.10. The Morgan fingerprint density at radius 1 is 1.26 bits per heavy atom. The Morgan fingerprint density at radius 3 is 2.74 bits per heavy atom. The summed E-state index contributed by atoms with van der Waals surface area (Å²) in [4.78, 5) is 19.4. The fourth-order valence-corrected chi connectivity index (χ4v) is 2.02. The summed E-state index contributed by atoms with van der Waals surface area (Å²) in [5.74, 6) is 0.122. The average Bonchev–Trinajstić information content (AvgIpc) is 2.55. The molecule has 0 amide bonds. The molecule has 0 spiro atoms. The van der Waals surface area contributed by atoms with E-state index >= 15 is 0 Å². The molecule has 1 heterocycles. The number of rotatable bonds is 5. The number of carbonyl (C=O) groups excluding carboxylic acids is 1. The van der Waals surface area contributed by atoms with Crippen LogP contribution in [0, 0.1) is 20.8 Å². The minimum Gasteiger partial charge on any atom is -0.482 e. The Morgan fingerprint density at radius 2 is 2.04 bits per heavy atom. The molecule has 2 aromatic rings. The van der Waals surface area contributed by atoms with Crippen LogP contribution in [0.1, 0.15) is 22.4 Å². The van der Waals surface area contributed by atoms with Crippen LogP contribution in [0.25, 0.3) is 0 Å². The molecule has 1 aromatic heterocycles. The zero-order valence-electron chi connectivity index (χ0n) is 13.4. The Hall–Kier alpha value is -2.89. The maximum Gasteiger partial charge on any atom is 0.372 e. The molecule has 1 aromatic carbocycles. The number of benzene rings is 1. The lowest BCUT2D eigenvalue weighted by molar-refractivity contribution is -0.380. The van der Waals surface area contributed by atoms with Gasteiger partial charge < -0.3 is 15.3 Å². The highest BCUT2D eigenvalue weighted by molar-refractivity contribution is 5.94. The largest absolute Gasteiger partial charge is 0.482 e.